The van der Waals surface area contributed by atoms with E-state index < -0.39 is 10.0 Å². The standard InChI is InChI=1S/C19H19N3O3S/c1-13-5-3-7-15(9-13)18-20-19(25-21-18)16-11-22(12-16)26(23,24)17-8-4-6-14(2)10-17/h3-10,16H,11-12H2,1-2H3. The monoisotopic (exact) mass is 369 g/mol. The second-order valence-corrected chi connectivity index (χ2v) is 8.60. The lowest BCUT2D eigenvalue weighted by molar-refractivity contribution is 0.217. The molecule has 0 amide bonds. The summed E-state index contributed by atoms with van der Waals surface area (Å²) in [7, 11) is -3.47. The molecule has 0 aliphatic carbocycles. The number of aromatic nitrogens is 2. The van der Waals surface area contributed by atoms with Crippen LogP contribution in [0.4, 0.5) is 0 Å². The third kappa shape index (κ3) is 3.04. The van der Waals surface area contributed by atoms with Crippen LogP contribution in [-0.2, 0) is 10.0 Å². The average Bonchev–Trinajstić information content (AvgIpc) is 3.03. The molecule has 0 saturated carbocycles. The third-order valence-electron chi connectivity index (χ3n) is 4.54. The molecule has 2 aromatic carbocycles. The smallest absolute Gasteiger partial charge is 0.243 e. The molecule has 26 heavy (non-hydrogen) atoms. The summed E-state index contributed by atoms with van der Waals surface area (Å²) in [6.07, 6.45) is 0. The van der Waals surface area contributed by atoms with Crippen molar-refractivity contribution >= 4 is 10.0 Å². The van der Waals surface area contributed by atoms with E-state index in [-0.39, 0.29) is 5.92 Å². The maximum absolute atomic E-state index is 12.7. The highest BCUT2D eigenvalue weighted by Crippen LogP contribution is 2.32. The summed E-state index contributed by atoms with van der Waals surface area (Å²) in [4.78, 5) is 4.77. The van der Waals surface area contributed by atoms with Gasteiger partial charge in [0.25, 0.3) is 0 Å². The van der Waals surface area contributed by atoms with Crippen molar-refractivity contribution in [2.75, 3.05) is 13.1 Å². The highest BCUT2D eigenvalue weighted by molar-refractivity contribution is 7.89. The summed E-state index contributed by atoms with van der Waals surface area (Å²) in [5.41, 5.74) is 2.93. The van der Waals surface area contributed by atoms with Gasteiger partial charge in [-0.1, -0.05) is 41.1 Å². The van der Waals surface area contributed by atoms with Crippen molar-refractivity contribution in [1.82, 2.24) is 14.4 Å². The molecular formula is C19H19N3O3S. The van der Waals surface area contributed by atoms with Crippen LogP contribution in [0.3, 0.4) is 0 Å². The summed E-state index contributed by atoms with van der Waals surface area (Å²) in [6.45, 7) is 4.59. The Labute approximate surface area is 152 Å². The second-order valence-electron chi connectivity index (χ2n) is 6.66. The van der Waals surface area contributed by atoms with E-state index in [1.807, 2.05) is 44.2 Å². The summed E-state index contributed by atoms with van der Waals surface area (Å²) in [5.74, 6) is 0.946. The molecule has 1 aromatic heterocycles. The summed E-state index contributed by atoms with van der Waals surface area (Å²) >= 11 is 0. The molecule has 7 heteroatoms. The molecule has 3 aromatic rings. The van der Waals surface area contributed by atoms with Gasteiger partial charge in [-0.2, -0.15) is 9.29 Å². The van der Waals surface area contributed by atoms with Crippen LogP contribution in [-0.4, -0.2) is 36.0 Å². The molecule has 1 aliphatic rings. The van der Waals surface area contributed by atoms with Crippen LogP contribution in [0.5, 0.6) is 0 Å². The first-order chi connectivity index (χ1) is 12.4. The number of sulfonamides is 1. The second kappa shape index (κ2) is 6.34. The van der Waals surface area contributed by atoms with Crippen LogP contribution in [0.25, 0.3) is 11.4 Å². The summed E-state index contributed by atoms with van der Waals surface area (Å²) < 4.78 is 32.1. The molecule has 1 saturated heterocycles. The maximum atomic E-state index is 12.7. The van der Waals surface area contributed by atoms with Crippen LogP contribution in [0.1, 0.15) is 22.9 Å². The van der Waals surface area contributed by atoms with Crippen LogP contribution in [0.2, 0.25) is 0 Å². The predicted molar refractivity (Wildman–Crippen MR) is 97.1 cm³/mol. The topological polar surface area (TPSA) is 76.3 Å². The first kappa shape index (κ1) is 16.9. The normalized spacial score (nSPS) is 15.8. The lowest BCUT2D eigenvalue weighted by atomic mass is 10.0. The minimum absolute atomic E-state index is 0.0688. The fourth-order valence-electron chi connectivity index (χ4n) is 3.02. The Balaban J connectivity index is 1.48. The van der Waals surface area contributed by atoms with E-state index in [2.05, 4.69) is 10.1 Å². The van der Waals surface area contributed by atoms with Gasteiger partial charge in [0.15, 0.2) is 0 Å². The van der Waals surface area contributed by atoms with Crippen molar-refractivity contribution in [1.29, 1.82) is 0 Å². The number of aryl methyl sites for hydroxylation is 2. The van der Waals surface area contributed by atoms with Gasteiger partial charge in [-0.3, -0.25) is 0 Å². The lowest BCUT2D eigenvalue weighted by Gasteiger charge is -2.35. The first-order valence-electron chi connectivity index (χ1n) is 8.41. The van der Waals surface area contributed by atoms with Gasteiger partial charge in [-0.15, -0.1) is 0 Å². The van der Waals surface area contributed by atoms with Gasteiger partial charge in [0.1, 0.15) is 0 Å². The number of benzene rings is 2. The molecule has 0 atom stereocenters. The zero-order chi connectivity index (χ0) is 18.3. The van der Waals surface area contributed by atoms with Gasteiger partial charge in [-0.25, -0.2) is 8.42 Å². The van der Waals surface area contributed by atoms with Gasteiger partial charge in [0, 0.05) is 18.7 Å². The van der Waals surface area contributed by atoms with Crippen molar-refractivity contribution in [3.63, 3.8) is 0 Å². The van der Waals surface area contributed by atoms with Crippen molar-refractivity contribution in [3.05, 3.63) is 65.5 Å². The molecule has 0 N–H and O–H groups in total. The average molecular weight is 369 g/mol. The Morgan fingerprint density at radius 1 is 1.04 bits per heavy atom. The molecular weight excluding hydrogens is 350 g/mol. The number of hydrogen-bond acceptors (Lipinski definition) is 5. The maximum Gasteiger partial charge on any atom is 0.243 e. The van der Waals surface area contributed by atoms with E-state index in [4.69, 9.17) is 4.52 Å². The van der Waals surface area contributed by atoms with E-state index in [0.717, 1.165) is 16.7 Å². The predicted octanol–water partition coefficient (Wildman–Crippen LogP) is 3.14. The van der Waals surface area contributed by atoms with Crippen molar-refractivity contribution < 1.29 is 12.9 Å². The molecule has 1 aliphatic heterocycles. The van der Waals surface area contributed by atoms with E-state index in [1.54, 1.807) is 18.2 Å². The van der Waals surface area contributed by atoms with Crippen molar-refractivity contribution in [2.24, 2.45) is 0 Å². The van der Waals surface area contributed by atoms with Crippen LogP contribution in [0.15, 0.2) is 57.9 Å². The number of nitrogens with zero attached hydrogens (tertiary/aromatic N) is 3. The molecule has 0 radical (unpaired) electrons. The number of rotatable bonds is 4. The molecule has 4 rings (SSSR count). The molecule has 134 valence electrons. The Hall–Kier alpha value is -2.51. The fraction of sp³-hybridized carbons (Fsp3) is 0.263. The first-order valence-corrected chi connectivity index (χ1v) is 9.85. The highest BCUT2D eigenvalue weighted by Gasteiger charge is 2.40. The molecule has 1 fully saturated rings. The minimum atomic E-state index is -3.47. The Morgan fingerprint density at radius 3 is 2.42 bits per heavy atom. The SMILES string of the molecule is Cc1cccc(-c2noc(C3CN(S(=O)(=O)c4cccc(C)c4)C3)n2)c1. The zero-order valence-corrected chi connectivity index (χ0v) is 15.4. The highest BCUT2D eigenvalue weighted by atomic mass is 32.2. The van der Waals surface area contributed by atoms with Crippen LogP contribution >= 0.6 is 0 Å². The third-order valence-corrected chi connectivity index (χ3v) is 6.37. The summed E-state index contributed by atoms with van der Waals surface area (Å²) in [6, 6.07) is 14.8. The molecule has 0 bridgehead atoms. The Morgan fingerprint density at radius 2 is 1.73 bits per heavy atom. The minimum Gasteiger partial charge on any atom is -0.339 e. The van der Waals surface area contributed by atoms with Crippen LogP contribution in [0, 0.1) is 13.8 Å². The Bertz CT molecular complexity index is 1050. The van der Waals surface area contributed by atoms with Crippen molar-refractivity contribution in [2.45, 2.75) is 24.7 Å². The van der Waals surface area contributed by atoms with Crippen LogP contribution < -0.4 is 0 Å². The van der Waals surface area contributed by atoms with E-state index in [0.29, 0.717) is 29.7 Å². The van der Waals surface area contributed by atoms with Gasteiger partial charge in [0.05, 0.1) is 10.8 Å². The van der Waals surface area contributed by atoms with Gasteiger partial charge in [-0.05, 0) is 37.6 Å². The van der Waals surface area contributed by atoms with E-state index in [1.165, 1.54) is 4.31 Å². The largest absolute Gasteiger partial charge is 0.339 e. The van der Waals surface area contributed by atoms with Gasteiger partial charge < -0.3 is 4.52 Å². The quantitative estimate of drug-likeness (QED) is 0.706. The molecule has 0 unspecified atom stereocenters. The molecule has 6 nitrogen and oxygen atoms in total. The fourth-order valence-corrected chi connectivity index (χ4v) is 4.65. The van der Waals surface area contributed by atoms with Gasteiger partial charge in [0.2, 0.25) is 21.7 Å². The van der Waals surface area contributed by atoms with Crippen molar-refractivity contribution in [3.8, 4) is 11.4 Å². The molecule has 2 heterocycles. The van der Waals surface area contributed by atoms with E-state index in [9.17, 15) is 8.42 Å². The lowest BCUT2D eigenvalue weighted by Crippen LogP contribution is -2.48. The zero-order valence-electron chi connectivity index (χ0n) is 14.6. The van der Waals surface area contributed by atoms with Gasteiger partial charge >= 0.3 is 0 Å². The Kier molecular flexibility index (Phi) is 4.13. The van der Waals surface area contributed by atoms with E-state index >= 15 is 0 Å². The molecule has 0 spiro atoms. The number of hydrogen-bond donors (Lipinski definition) is 0. The summed E-state index contributed by atoms with van der Waals surface area (Å²) in [5, 5.41) is 4.03.